The average Bonchev–Trinajstić information content (AvgIpc) is 2.65. The second-order valence-corrected chi connectivity index (χ2v) is 5.45. The molecule has 0 radical (unpaired) electrons. The fraction of sp³-hybridized carbons (Fsp3) is 0.105. The molecule has 0 spiro atoms. The van der Waals surface area contributed by atoms with Crippen molar-refractivity contribution in [1.29, 1.82) is 0 Å². The minimum Gasteiger partial charge on any atom is -0.493 e. The van der Waals surface area contributed by atoms with Crippen molar-refractivity contribution in [3.05, 3.63) is 70.4 Å². The third kappa shape index (κ3) is 5.28. The number of carbonyl (C=O) groups is 1. The van der Waals surface area contributed by atoms with Crippen molar-refractivity contribution in [3.63, 3.8) is 0 Å². The molecule has 0 aliphatic rings. The lowest BCUT2D eigenvalue weighted by molar-refractivity contribution is 0.104. The van der Waals surface area contributed by atoms with E-state index in [9.17, 15) is 4.79 Å². The first-order valence-corrected chi connectivity index (χ1v) is 8.07. The van der Waals surface area contributed by atoms with E-state index in [1.807, 2.05) is 6.07 Å². The second-order valence-electron chi connectivity index (χ2n) is 4.86. The highest BCUT2D eigenvalue weighted by atomic mass is 35.5. The standard InChI is InChI=1S/C19H16Cl2O4/c1-23-17-9-7-14(11-18(17)24-2)16(22)8-6-13-4-3-5-15(10-13)25-19(21)12-20/h3-12H,1-2H3/b8-6+,19-12?. The van der Waals surface area contributed by atoms with Crippen LogP contribution in [-0.4, -0.2) is 20.0 Å². The molecular formula is C19H16Cl2O4. The van der Waals surface area contributed by atoms with Gasteiger partial charge in [0, 0.05) is 5.56 Å². The first-order valence-electron chi connectivity index (χ1n) is 7.25. The number of hydrogen-bond acceptors (Lipinski definition) is 4. The fourth-order valence-electron chi connectivity index (χ4n) is 2.07. The number of methoxy groups -OCH3 is 2. The van der Waals surface area contributed by atoms with Crippen LogP contribution in [0.1, 0.15) is 15.9 Å². The summed E-state index contributed by atoms with van der Waals surface area (Å²) in [6.07, 6.45) is 3.16. The first kappa shape index (κ1) is 18.9. The van der Waals surface area contributed by atoms with Gasteiger partial charge in [-0.05, 0) is 53.6 Å². The Morgan fingerprint density at radius 2 is 1.80 bits per heavy atom. The van der Waals surface area contributed by atoms with Crippen LogP contribution in [0, 0.1) is 0 Å². The fourth-order valence-corrected chi connectivity index (χ4v) is 2.21. The van der Waals surface area contributed by atoms with Gasteiger partial charge in [0.25, 0.3) is 0 Å². The maximum atomic E-state index is 12.3. The maximum absolute atomic E-state index is 12.3. The number of carbonyl (C=O) groups excluding carboxylic acids is 1. The molecule has 0 atom stereocenters. The number of benzene rings is 2. The highest BCUT2D eigenvalue weighted by Crippen LogP contribution is 2.28. The Hall–Kier alpha value is -2.43. The topological polar surface area (TPSA) is 44.8 Å². The van der Waals surface area contributed by atoms with Gasteiger partial charge in [-0.1, -0.05) is 29.8 Å². The van der Waals surface area contributed by atoms with Crippen molar-refractivity contribution in [2.75, 3.05) is 14.2 Å². The zero-order valence-corrected chi connectivity index (χ0v) is 15.2. The van der Waals surface area contributed by atoms with Crippen LogP contribution in [0.15, 0.2) is 59.3 Å². The largest absolute Gasteiger partial charge is 0.493 e. The summed E-state index contributed by atoms with van der Waals surface area (Å²) in [6, 6.07) is 12.1. The van der Waals surface area contributed by atoms with Gasteiger partial charge in [-0.2, -0.15) is 0 Å². The Balaban J connectivity index is 2.16. The number of rotatable bonds is 7. The Morgan fingerprint density at radius 1 is 1.04 bits per heavy atom. The van der Waals surface area contributed by atoms with Crippen LogP contribution in [0.3, 0.4) is 0 Å². The molecule has 2 aromatic rings. The van der Waals surface area contributed by atoms with E-state index >= 15 is 0 Å². The van der Waals surface area contributed by atoms with E-state index in [4.69, 9.17) is 37.4 Å². The van der Waals surface area contributed by atoms with E-state index in [1.54, 1.807) is 49.6 Å². The van der Waals surface area contributed by atoms with Crippen molar-refractivity contribution < 1.29 is 19.0 Å². The van der Waals surface area contributed by atoms with Gasteiger partial charge in [0.15, 0.2) is 17.3 Å². The van der Waals surface area contributed by atoms with Crippen molar-refractivity contribution in [3.8, 4) is 17.2 Å². The molecular weight excluding hydrogens is 363 g/mol. The molecule has 0 N–H and O–H groups in total. The van der Waals surface area contributed by atoms with Crippen molar-refractivity contribution in [1.82, 2.24) is 0 Å². The quantitative estimate of drug-likeness (QED) is 0.374. The molecule has 0 aliphatic heterocycles. The highest BCUT2D eigenvalue weighted by molar-refractivity contribution is 6.35. The predicted octanol–water partition coefficient (Wildman–Crippen LogP) is 5.26. The molecule has 0 unspecified atom stereocenters. The number of ether oxygens (including phenoxy) is 3. The van der Waals surface area contributed by atoms with Crippen molar-refractivity contribution in [2.24, 2.45) is 0 Å². The van der Waals surface area contributed by atoms with Gasteiger partial charge < -0.3 is 14.2 Å². The minimum atomic E-state index is -0.161. The highest BCUT2D eigenvalue weighted by Gasteiger charge is 2.08. The van der Waals surface area contributed by atoms with Crippen LogP contribution >= 0.6 is 23.2 Å². The van der Waals surface area contributed by atoms with E-state index in [0.717, 1.165) is 11.1 Å². The van der Waals surface area contributed by atoms with Crippen molar-refractivity contribution in [2.45, 2.75) is 0 Å². The molecule has 0 saturated heterocycles. The summed E-state index contributed by atoms with van der Waals surface area (Å²) in [5, 5.41) is 0.0594. The van der Waals surface area contributed by atoms with Gasteiger partial charge in [0.05, 0.1) is 19.8 Å². The normalized spacial score (nSPS) is 11.4. The van der Waals surface area contributed by atoms with Crippen LogP contribution in [0.5, 0.6) is 17.2 Å². The van der Waals surface area contributed by atoms with Crippen LogP contribution < -0.4 is 14.2 Å². The van der Waals surface area contributed by atoms with Crippen LogP contribution in [-0.2, 0) is 0 Å². The Bertz CT molecular complexity index is 813. The molecule has 0 fully saturated rings. The maximum Gasteiger partial charge on any atom is 0.205 e. The van der Waals surface area contributed by atoms with E-state index in [1.165, 1.54) is 13.2 Å². The SMILES string of the molecule is COc1ccc(C(=O)/C=C/c2cccc(OC(Cl)=CCl)c2)cc1OC. The number of allylic oxidation sites excluding steroid dienone is 1. The summed E-state index contributed by atoms with van der Waals surface area (Å²) in [6.45, 7) is 0. The molecule has 25 heavy (non-hydrogen) atoms. The zero-order chi connectivity index (χ0) is 18.2. The third-order valence-corrected chi connectivity index (χ3v) is 3.75. The second kappa shape index (κ2) is 9.16. The summed E-state index contributed by atoms with van der Waals surface area (Å²) in [4.78, 5) is 12.3. The van der Waals surface area contributed by atoms with E-state index in [-0.39, 0.29) is 11.0 Å². The number of ketones is 1. The Morgan fingerprint density at radius 3 is 2.48 bits per heavy atom. The lowest BCUT2D eigenvalue weighted by atomic mass is 10.1. The molecule has 4 nitrogen and oxygen atoms in total. The van der Waals surface area contributed by atoms with Gasteiger partial charge >= 0.3 is 0 Å². The summed E-state index contributed by atoms with van der Waals surface area (Å²) in [7, 11) is 3.06. The smallest absolute Gasteiger partial charge is 0.205 e. The molecule has 6 heteroatoms. The van der Waals surface area contributed by atoms with E-state index in [2.05, 4.69) is 0 Å². The third-order valence-electron chi connectivity index (χ3n) is 3.25. The molecule has 2 aromatic carbocycles. The number of hydrogen-bond donors (Lipinski definition) is 0. The summed E-state index contributed by atoms with van der Waals surface area (Å²) in [5.41, 5.74) is 2.41. The lowest BCUT2D eigenvalue weighted by Crippen LogP contribution is -1.97. The molecule has 130 valence electrons. The van der Waals surface area contributed by atoms with Gasteiger partial charge in [0.1, 0.15) is 5.75 Å². The summed E-state index contributed by atoms with van der Waals surface area (Å²) >= 11 is 11.2. The molecule has 0 saturated carbocycles. The Labute approximate surface area is 156 Å². The minimum absolute atomic E-state index is 0.0594. The van der Waals surface area contributed by atoms with E-state index in [0.29, 0.717) is 22.8 Å². The molecule has 0 bridgehead atoms. The van der Waals surface area contributed by atoms with Crippen molar-refractivity contribution >= 4 is 35.1 Å². The zero-order valence-electron chi connectivity index (χ0n) is 13.7. The summed E-state index contributed by atoms with van der Waals surface area (Å²) < 4.78 is 15.7. The summed E-state index contributed by atoms with van der Waals surface area (Å²) in [5.74, 6) is 1.42. The van der Waals surface area contributed by atoms with Gasteiger partial charge in [-0.15, -0.1) is 0 Å². The van der Waals surface area contributed by atoms with E-state index < -0.39 is 0 Å². The molecule has 2 rings (SSSR count). The lowest BCUT2D eigenvalue weighted by Gasteiger charge is -2.08. The number of halogens is 2. The molecule has 0 amide bonds. The molecule has 0 aliphatic carbocycles. The molecule has 0 aromatic heterocycles. The first-order chi connectivity index (χ1) is 12.1. The van der Waals surface area contributed by atoms with Crippen LogP contribution in [0.25, 0.3) is 6.08 Å². The Kier molecular flexibility index (Phi) is 6.92. The van der Waals surface area contributed by atoms with Gasteiger partial charge in [0.2, 0.25) is 5.22 Å². The van der Waals surface area contributed by atoms with Gasteiger partial charge in [-0.25, -0.2) is 0 Å². The van der Waals surface area contributed by atoms with Crippen LogP contribution in [0.2, 0.25) is 0 Å². The van der Waals surface area contributed by atoms with Gasteiger partial charge in [-0.3, -0.25) is 4.79 Å². The molecule has 0 heterocycles. The predicted molar refractivity (Wildman–Crippen MR) is 99.8 cm³/mol. The monoisotopic (exact) mass is 378 g/mol. The van der Waals surface area contributed by atoms with Crippen LogP contribution in [0.4, 0.5) is 0 Å². The average molecular weight is 379 g/mol.